The summed E-state index contributed by atoms with van der Waals surface area (Å²) in [5.74, 6) is 2.31. The van der Waals surface area contributed by atoms with Gasteiger partial charge < -0.3 is 4.42 Å². The standard InChI is InChI=1S/C15H16O2S/c1-11-5-6-13(8-12(11)2)15(16)10-18-9-14-4-3-7-17-14/h3-8H,9-10H2,1-2H3. The average Bonchev–Trinajstić information content (AvgIpc) is 2.85. The lowest BCUT2D eigenvalue weighted by Gasteiger charge is -2.04. The minimum absolute atomic E-state index is 0.176. The Morgan fingerprint density at radius 2 is 2.06 bits per heavy atom. The lowest BCUT2D eigenvalue weighted by molar-refractivity contribution is 0.102. The van der Waals surface area contributed by atoms with Gasteiger partial charge >= 0.3 is 0 Å². The van der Waals surface area contributed by atoms with Gasteiger partial charge in [0.15, 0.2) is 5.78 Å². The Kier molecular flexibility index (Phi) is 4.26. The number of ketones is 1. The molecule has 1 heterocycles. The number of aryl methyl sites for hydroxylation is 2. The fraction of sp³-hybridized carbons (Fsp3) is 0.267. The Labute approximate surface area is 111 Å². The Bertz CT molecular complexity index is 529. The van der Waals surface area contributed by atoms with E-state index in [-0.39, 0.29) is 5.78 Å². The zero-order chi connectivity index (χ0) is 13.0. The third-order valence-electron chi connectivity index (χ3n) is 2.89. The van der Waals surface area contributed by atoms with Gasteiger partial charge in [-0.2, -0.15) is 0 Å². The van der Waals surface area contributed by atoms with Crippen molar-refractivity contribution < 1.29 is 9.21 Å². The van der Waals surface area contributed by atoms with E-state index in [4.69, 9.17) is 4.42 Å². The zero-order valence-electron chi connectivity index (χ0n) is 10.6. The minimum atomic E-state index is 0.176. The van der Waals surface area contributed by atoms with E-state index < -0.39 is 0 Å². The molecule has 0 atom stereocenters. The first-order valence-electron chi connectivity index (χ1n) is 5.87. The maximum atomic E-state index is 12.0. The molecule has 0 spiro atoms. The van der Waals surface area contributed by atoms with E-state index in [0.29, 0.717) is 5.75 Å². The normalized spacial score (nSPS) is 10.6. The molecule has 0 N–H and O–H groups in total. The van der Waals surface area contributed by atoms with Crippen molar-refractivity contribution in [1.29, 1.82) is 0 Å². The smallest absolute Gasteiger partial charge is 0.172 e. The molecular weight excluding hydrogens is 244 g/mol. The predicted molar refractivity (Wildman–Crippen MR) is 75.1 cm³/mol. The van der Waals surface area contributed by atoms with Gasteiger partial charge in [-0.25, -0.2) is 0 Å². The van der Waals surface area contributed by atoms with Gasteiger partial charge in [0.1, 0.15) is 5.76 Å². The molecule has 0 amide bonds. The van der Waals surface area contributed by atoms with Crippen molar-refractivity contribution >= 4 is 17.5 Å². The number of carbonyl (C=O) groups is 1. The van der Waals surface area contributed by atoms with E-state index in [1.165, 1.54) is 5.56 Å². The van der Waals surface area contributed by atoms with E-state index in [2.05, 4.69) is 6.92 Å². The summed E-state index contributed by atoms with van der Waals surface area (Å²) in [5.41, 5.74) is 3.18. The number of furan rings is 1. The van der Waals surface area contributed by atoms with Gasteiger partial charge in [-0.05, 0) is 43.2 Å². The molecule has 0 bridgehead atoms. The van der Waals surface area contributed by atoms with E-state index in [1.54, 1.807) is 18.0 Å². The van der Waals surface area contributed by atoms with Crippen molar-refractivity contribution in [2.45, 2.75) is 19.6 Å². The van der Waals surface area contributed by atoms with Crippen molar-refractivity contribution in [3.05, 3.63) is 59.0 Å². The van der Waals surface area contributed by atoms with E-state index in [1.807, 2.05) is 37.3 Å². The van der Waals surface area contributed by atoms with Crippen molar-refractivity contribution in [3.63, 3.8) is 0 Å². The molecule has 0 fully saturated rings. The van der Waals surface area contributed by atoms with Crippen molar-refractivity contribution in [1.82, 2.24) is 0 Å². The molecule has 2 aromatic rings. The molecule has 3 heteroatoms. The summed E-state index contributed by atoms with van der Waals surface area (Å²) in [6.45, 7) is 4.08. The van der Waals surface area contributed by atoms with Gasteiger partial charge in [-0.3, -0.25) is 4.79 Å². The fourth-order valence-corrected chi connectivity index (χ4v) is 2.46. The van der Waals surface area contributed by atoms with Gasteiger partial charge in [0, 0.05) is 5.56 Å². The van der Waals surface area contributed by atoms with Crippen LogP contribution in [0.3, 0.4) is 0 Å². The lowest BCUT2D eigenvalue weighted by atomic mass is 10.0. The van der Waals surface area contributed by atoms with Crippen LogP contribution in [0, 0.1) is 13.8 Å². The Hall–Kier alpha value is -1.48. The van der Waals surface area contributed by atoms with Crippen LogP contribution < -0.4 is 0 Å². The SMILES string of the molecule is Cc1ccc(C(=O)CSCc2ccco2)cc1C. The van der Waals surface area contributed by atoms with Crippen LogP contribution in [0.25, 0.3) is 0 Å². The number of hydrogen-bond donors (Lipinski definition) is 0. The van der Waals surface area contributed by atoms with E-state index in [0.717, 1.165) is 22.6 Å². The molecule has 0 radical (unpaired) electrons. The number of Topliss-reactive ketones (excluding diaryl/α,β-unsaturated/α-hetero) is 1. The van der Waals surface area contributed by atoms with Gasteiger partial charge in [-0.15, -0.1) is 11.8 Å². The van der Waals surface area contributed by atoms with Crippen LogP contribution in [-0.2, 0) is 5.75 Å². The molecule has 0 aliphatic rings. The van der Waals surface area contributed by atoms with Crippen molar-refractivity contribution in [2.24, 2.45) is 0 Å². The highest BCUT2D eigenvalue weighted by atomic mass is 32.2. The number of benzene rings is 1. The molecular formula is C15H16O2S. The molecule has 18 heavy (non-hydrogen) atoms. The molecule has 0 saturated carbocycles. The Balaban J connectivity index is 1.89. The van der Waals surface area contributed by atoms with Gasteiger partial charge in [-0.1, -0.05) is 12.1 Å². The van der Waals surface area contributed by atoms with Crippen LogP contribution in [0.4, 0.5) is 0 Å². The maximum Gasteiger partial charge on any atom is 0.172 e. The molecule has 1 aromatic heterocycles. The first-order valence-corrected chi connectivity index (χ1v) is 7.03. The van der Waals surface area contributed by atoms with Gasteiger partial charge in [0.25, 0.3) is 0 Å². The highest BCUT2D eigenvalue weighted by Crippen LogP contribution is 2.16. The van der Waals surface area contributed by atoms with Gasteiger partial charge in [0.05, 0.1) is 17.8 Å². The molecule has 2 nitrogen and oxygen atoms in total. The number of carbonyl (C=O) groups excluding carboxylic acids is 1. The highest BCUT2D eigenvalue weighted by molar-refractivity contribution is 7.99. The zero-order valence-corrected chi connectivity index (χ0v) is 11.4. The lowest BCUT2D eigenvalue weighted by Crippen LogP contribution is -2.03. The van der Waals surface area contributed by atoms with Gasteiger partial charge in [0.2, 0.25) is 0 Å². The quantitative estimate of drug-likeness (QED) is 0.761. The topological polar surface area (TPSA) is 30.2 Å². The largest absolute Gasteiger partial charge is 0.468 e. The average molecular weight is 260 g/mol. The monoisotopic (exact) mass is 260 g/mol. The van der Waals surface area contributed by atoms with E-state index >= 15 is 0 Å². The molecule has 0 aliphatic carbocycles. The van der Waals surface area contributed by atoms with Crippen LogP contribution in [0.15, 0.2) is 41.0 Å². The molecule has 0 saturated heterocycles. The summed E-state index contributed by atoms with van der Waals surface area (Å²) in [5, 5.41) is 0. The third-order valence-corrected chi connectivity index (χ3v) is 3.84. The molecule has 94 valence electrons. The summed E-state index contributed by atoms with van der Waals surface area (Å²) >= 11 is 1.58. The second kappa shape index (κ2) is 5.91. The summed E-state index contributed by atoms with van der Waals surface area (Å²) in [4.78, 5) is 12.0. The summed E-state index contributed by atoms with van der Waals surface area (Å²) in [6, 6.07) is 9.65. The maximum absolute atomic E-state index is 12.0. The van der Waals surface area contributed by atoms with Crippen LogP contribution in [-0.4, -0.2) is 11.5 Å². The predicted octanol–water partition coefficient (Wildman–Crippen LogP) is 4.01. The molecule has 0 aliphatic heterocycles. The van der Waals surface area contributed by atoms with E-state index in [9.17, 15) is 4.79 Å². The van der Waals surface area contributed by atoms with Crippen LogP contribution >= 0.6 is 11.8 Å². The first kappa shape index (κ1) is 13.0. The molecule has 1 aromatic carbocycles. The number of thioether (sulfide) groups is 1. The Morgan fingerprint density at radius 1 is 1.22 bits per heavy atom. The second-order valence-electron chi connectivity index (χ2n) is 4.29. The van der Waals surface area contributed by atoms with Crippen LogP contribution in [0.5, 0.6) is 0 Å². The minimum Gasteiger partial charge on any atom is -0.468 e. The number of rotatable bonds is 5. The Morgan fingerprint density at radius 3 is 2.72 bits per heavy atom. The third kappa shape index (κ3) is 3.26. The van der Waals surface area contributed by atoms with Crippen molar-refractivity contribution in [2.75, 3.05) is 5.75 Å². The van der Waals surface area contributed by atoms with Crippen molar-refractivity contribution in [3.8, 4) is 0 Å². The first-order chi connectivity index (χ1) is 8.66. The number of hydrogen-bond acceptors (Lipinski definition) is 3. The molecule has 0 unspecified atom stereocenters. The molecule has 2 rings (SSSR count). The second-order valence-corrected chi connectivity index (χ2v) is 5.28. The van der Waals surface area contributed by atoms with Crippen LogP contribution in [0.2, 0.25) is 0 Å². The summed E-state index contributed by atoms with van der Waals surface area (Å²) in [7, 11) is 0. The van der Waals surface area contributed by atoms with Crippen LogP contribution in [0.1, 0.15) is 27.2 Å². The summed E-state index contributed by atoms with van der Waals surface area (Å²) < 4.78 is 5.22. The highest BCUT2D eigenvalue weighted by Gasteiger charge is 2.07. The summed E-state index contributed by atoms with van der Waals surface area (Å²) in [6.07, 6.45) is 1.65. The fourth-order valence-electron chi connectivity index (χ4n) is 1.64.